The Morgan fingerprint density at radius 3 is 2.57 bits per heavy atom. The number of nitrogens with one attached hydrogen (secondary N) is 1. The number of rotatable bonds is 5. The molecule has 11 heteroatoms. The second-order valence-corrected chi connectivity index (χ2v) is 10.3. The van der Waals surface area contributed by atoms with Crippen LogP contribution in [0.5, 0.6) is 0 Å². The van der Waals surface area contributed by atoms with Gasteiger partial charge in [-0.1, -0.05) is 19.1 Å². The molecule has 1 aliphatic rings. The van der Waals surface area contributed by atoms with Crippen LogP contribution in [0.25, 0.3) is 11.3 Å². The summed E-state index contributed by atoms with van der Waals surface area (Å²) in [5.74, 6) is -0.115. The largest absolute Gasteiger partial charge is 0.418 e. The second kappa shape index (κ2) is 9.44. The highest BCUT2D eigenvalue weighted by atomic mass is 32.2. The number of sulfonamides is 1. The van der Waals surface area contributed by atoms with Gasteiger partial charge < -0.3 is 4.90 Å². The van der Waals surface area contributed by atoms with Crippen molar-refractivity contribution in [1.29, 1.82) is 0 Å². The summed E-state index contributed by atoms with van der Waals surface area (Å²) in [6, 6.07) is 9.64. The molecule has 0 amide bonds. The molecule has 1 atom stereocenters. The molecule has 0 unspecified atom stereocenters. The van der Waals surface area contributed by atoms with Crippen molar-refractivity contribution < 1.29 is 26.0 Å². The van der Waals surface area contributed by atoms with Gasteiger partial charge in [-0.15, -0.1) is 0 Å². The first-order valence-electron chi connectivity index (χ1n) is 11.0. The summed E-state index contributed by atoms with van der Waals surface area (Å²) in [4.78, 5) is 10.2. The molecule has 0 spiro atoms. The normalized spacial score (nSPS) is 16.9. The van der Waals surface area contributed by atoms with E-state index in [1.165, 1.54) is 19.1 Å². The lowest BCUT2D eigenvalue weighted by atomic mass is 10.0. The summed E-state index contributed by atoms with van der Waals surface area (Å²) in [6.45, 7) is 5.14. The molecule has 4 rings (SSSR count). The summed E-state index contributed by atoms with van der Waals surface area (Å²) >= 11 is 0. The molecule has 1 saturated heterocycles. The molecule has 6 nitrogen and oxygen atoms in total. The maximum atomic E-state index is 13.8. The van der Waals surface area contributed by atoms with Crippen molar-refractivity contribution in [3.05, 3.63) is 65.5 Å². The Morgan fingerprint density at radius 1 is 1.09 bits per heavy atom. The lowest BCUT2D eigenvalue weighted by molar-refractivity contribution is -0.137. The number of benzene rings is 1. The van der Waals surface area contributed by atoms with Gasteiger partial charge in [-0.3, -0.25) is 4.72 Å². The predicted molar refractivity (Wildman–Crippen MR) is 125 cm³/mol. The summed E-state index contributed by atoms with van der Waals surface area (Å²) in [6.07, 6.45) is -2.72. The predicted octanol–water partition coefficient (Wildman–Crippen LogP) is 5.65. The number of pyridine rings is 2. The van der Waals surface area contributed by atoms with Gasteiger partial charge in [0.15, 0.2) is 5.03 Å². The topological polar surface area (TPSA) is 75.2 Å². The molecule has 1 N–H and O–H groups in total. The number of aromatic nitrogens is 2. The first-order valence-corrected chi connectivity index (χ1v) is 12.5. The quantitative estimate of drug-likeness (QED) is 0.451. The summed E-state index contributed by atoms with van der Waals surface area (Å²) < 4.78 is 83.1. The Labute approximate surface area is 201 Å². The van der Waals surface area contributed by atoms with Crippen LogP contribution in [-0.2, 0) is 16.2 Å². The van der Waals surface area contributed by atoms with Gasteiger partial charge in [0.1, 0.15) is 17.5 Å². The molecule has 35 heavy (non-hydrogen) atoms. The Balaban J connectivity index is 1.70. The van der Waals surface area contributed by atoms with Crippen LogP contribution in [0.4, 0.5) is 29.2 Å². The zero-order valence-electron chi connectivity index (χ0n) is 19.1. The zero-order chi connectivity index (χ0) is 25.4. The van der Waals surface area contributed by atoms with Gasteiger partial charge in [0.2, 0.25) is 0 Å². The Kier molecular flexibility index (Phi) is 6.72. The van der Waals surface area contributed by atoms with E-state index in [0.717, 1.165) is 50.2 Å². The molecule has 186 valence electrons. The number of hydrogen-bond acceptors (Lipinski definition) is 5. The standard InChI is InChI=1S/C24H24F4N4O2S/c1-15-5-4-12-32(14-15)21-6-3-7-22(30-21)35(33,34)31-20-11-10-19(24(26,27)28)23(29-20)18-13-17(25)9-8-16(18)2/h3,6-11,13,15H,4-5,12,14H2,1-2H3,(H,29,31)/t15-/m1/s1. The molecular formula is C24H24F4N4O2S. The highest BCUT2D eigenvalue weighted by molar-refractivity contribution is 7.92. The van der Waals surface area contributed by atoms with Crippen molar-refractivity contribution in [1.82, 2.24) is 9.97 Å². The van der Waals surface area contributed by atoms with Crippen molar-refractivity contribution in [2.45, 2.75) is 37.9 Å². The van der Waals surface area contributed by atoms with E-state index in [0.29, 0.717) is 17.3 Å². The SMILES string of the molecule is Cc1ccc(F)cc1-c1nc(NS(=O)(=O)c2cccc(N3CCC[C@@H](C)C3)n2)ccc1C(F)(F)F. The van der Waals surface area contributed by atoms with Crippen LogP contribution in [0.2, 0.25) is 0 Å². The van der Waals surface area contributed by atoms with E-state index in [4.69, 9.17) is 0 Å². The number of alkyl halides is 3. The maximum absolute atomic E-state index is 13.8. The average molecular weight is 509 g/mol. The van der Waals surface area contributed by atoms with Crippen molar-refractivity contribution in [3.63, 3.8) is 0 Å². The van der Waals surface area contributed by atoms with Gasteiger partial charge in [-0.25, -0.2) is 14.4 Å². The van der Waals surface area contributed by atoms with Gasteiger partial charge in [0.05, 0.1) is 11.3 Å². The Morgan fingerprint density at radius 2 is 1.86 bits per heavy atom. The minimum Gasteiger partial charge on any atom is -0.356 e. The van der Waals surface area contributed by atoms with Crippen LogP contribution >= 0.6 is 0 Å². The fourth-order valence-electron chi connectivity index (χ4n) is 4.12. The zero-order valence-corrected chi connectivity index (χ0v) is 19.9. The van der Waals surface area contributed by atoms with Crippen molar-refractivity contribution >= 4 is 21.7 Å². The molecule has 2 aromatic heterocycles. The number of halogens is 4. The third-order valence-corrected chi connectivity index (χ3v) is 7.12. The second-order valence-electron chi connectivity index (χ2n) is 8.68. The highest BCUT2D eigenvalue weighted by Crippen LogP contribution is 2.38. The van der Waals surface area contributed by atoms with Gasteiger partial charge in [0, 0.05) is 18.7 Å². The average Bonchev–Trinajstić information content (AvgIpc) is 2.80. The van der Waals surface area contributed by atoms with Crippen LogP contribution < -0.4 is 9.62 Å². The number of anilines is 2. The molecule has 3 heterocycles. The van der Waals surface area contributed by atoms with Crippen LogP contribution in [0.15, 0.2) is 53.6 Å². The minimum absolute atomic E-state index is 0.0855. The highest BCUT2D eigenvalue weighted by Gasteiger charge is 2.35. The van der Waals surface area contributed by atoms with Crippen LogP contribution in [0.1, 0.15) is 30.9 Å². The number of nitrogens with zero attached hydrogens (tertiary/aromatic N) is 3. The first-order chi connectivity index (χ1) is 16.4. The smallest absolute Gasteiger partial charge is 0.356 e. The van der Waals surface area contributed by atoms with Crippen molar-refractivity contribution in [2.75, 3.05) is 22.7 Å². The maximum Gasteiger partial charge on any atom is 0.418 e. The lowest BCUT2D eigenvalue weighted by Crippen LogP contribution is -2.35. The van der Waals surface area contributed by atoms with E-state index < -0.39 is 33.3 Å². The molecule has 1 fully saturated rings. The molecule has 1 aliphatic heterocycles. The molecule has 0 radical (unpaired) electrons. The summed E-state index contributed by atoms with van der Waals surface area (Å²) in [7, 11) is -4.26. The number of hydrogen-bond donors (Lipinski definition) is 1. The molecular weight excluding hydrogens is 484 g/mol. The fraction of sp³-hybridized carbons (Fsp3) is 0.333. The summed E-state index contributed by atoms with van der Waals surface area (Å²) in [5, 5.41) is -0.279. The minimum atomic E-state index is -4.78. The number of piperidine rings is 1. The molecule has 0 aliphatic carbocycles. The van der Waals surface area contributed by atoms with E-state index in [2.05, 4.69) is 21.6 Å². The molecule has 0 bridgehead atoms. The molecule has 1 aromatic carbocycles. The van der Waals surface area contributed by atoms with E-state index in [1.807, 2.05) is 4.90 Å². The van der Waals surface area contributed by atoms with Gasteiger partial charge in [-0.2, -0.15) is 21.6 Å². The fourth-order valence-corrected chi connectivity index (χ4v) is 5.08. The lowest BCUT2D eigenvalue weighted by Gasteiger charge is -2.31. The van der Waals surface area contributed by atoms with E-state index >= 15 is 0 Å². The molecule has 0 saturated carbocycles. The van der Waals surface area contributed by atoms with Crippen LogP contribution in [0, 0.1) is 18.7 Å². The van der Waals surface area contributed by atoms with E-state index in [9.17, 15) is 26.0 Å². The first kappa shape index (κ1) is 24.9. The van der Waals surface area contributed by atoms with Gasteiger partial charge in [0.25, 0.3) is 10.0 Å². The third-order valence-electron chi connectivity index (χ3n) is 5.86. The van der Waals surface area contributed by atoms with Crippen molar-refractivity contribution in [2.24, 2.45) is 5.92 Å². The summed E-state index contributed by atoms with van der Waals surface area (Å²) in [5.41, 5.74) is -1.40. The van der Waals surface area contributed by atoms with Gasteiger partial charge in [-0.05, 0) is 67.6 Å². The van der Waals surface area contributed by atoms with Crippen LogP contribution in [0.3, 0.4) is 0 Å². The molecule has 3 aromatic rings. The van der Waals surface area contributed by atoms with E-state index in [-0.39, 0.29) is 16.4 Å². The van der Waals surface area contributed by atoms with Crippen molar-refractivity contribution in [3.8, 4) is 11.3 Å². The van der Waals surface area contributed by atoms with E-state index in [1.54, 1.807) is 12.1 Å². The van der Waals surface area contributed by atoms with Crippen LogP contribution in [-0.4, -0.2) is 31.5 Å². The Bertz CT molecular complexity index is 1350. The number of aryl methyl sites for hydroxylation is 1. The third kappa shape index (κ3) is 5.55. The Hall–Kier alpha value is -3.21. The monoisotopic (exact) mass is 508 g/mol. The van der Waals surface area contributed by atoms with Gasteiger partial charge >= 0.3 is 6.18 Å².